The fourth-order valence-corrected chi connectivity index (χ4v) is 2.02. The third kappa shape index (κ3) is 4.69. The molecular weight excluding hydrogens is 323 g/mol. The maximum absolute atomic E-state index is 12.9. The maximum atomic E-state index is 12.9. The highest BCUT2D eigenvalue weighted by molar-refractivity contribution is 9.10. The van der Waals surface area contributed by atoms with Crippen molar-refractivity contribution in [3.63, 3.8) is 0 Å². The molecule has 19 heavy (non-hydrogen) atoms. The molecule has 0 heterocycles. The zero-order chi connectivity index (χ0) is 14.6. The molecule has 0 bridgehead atoms. The van der Waals surface area contributed by atoms with Gasteiger partial charge in [-0.05, 0) is 24.1 Å². The van der Waals surface area contributed by atoms with Crippen LogP contribution in [0.3, 0.4) is 0 Å². The number of nitrogens with one attached hydrogen (secondary N) is 1. The maximum Gasteiger partial charge on any atom is 0.418 e. The van der Waals surface area contributed by atoms with Crippen LogP contribution in [0.15, 0.2) is 22.7 Å². The van der Waals surface area contributed by atoms with Crippen molar-refractivity contribution in [2.45, 2.75) is 26.1 Å². The number of benzene rings is 1. The van der Waals surface area contributed by atoms with Crippen molar-refractivity contribution in [1.29, 1.82) is 0 Å². The van der Waals surface area contributed by atoms with E-state index in [1.165, 1.54) is 19.2 Å². The van der Waals surface area contributed by atoms with Crippen LogP contribution in [0, 0.1) is 5.92 Å². The minimum atomic E-state index is -4.38. The fourth-order valence-electron chi connectivity index (χ4n) is 1.66. The Kier molecular flexibility index (Phi) is 5.67. The molecule has 0 radical (unpaired) electrons. The van der Waals surface area contributed by atoms with E-state index in [0.717, 1.165) is 6.07 Å². The number of hydrogen-bond acceptors (Lipinski definition) is 2. The molecule has 1 atom stereocenters. The second-order valence-corrected chi connectivity index (χ2v) is 5.55. The molecule has 108 valence electrons. The van der Waals surface area contributed by atoms with Crippen LogP contribution in [-0.2, 0) is 10.9 Å². The number of methoxy groups -OCH3 is 1. The Labute approximate surface area is 119 Å². The van der Waals surface area contributed by atoms with Gasteiger partial charge in [-0.25, -0.2) is 0 Å². The first-order valence-electron chi connectivity index (χ1n) is 5.88. The molecule has 0 aliphatic heterocycles. The van der Waals surface area contributed by atoms with Gasteiger partial charge in [0.05, 0.1) is 18.2 Å². The first-order valence-corrected chi connectivity index (χ1v) is 6.67. The highest BCUT2D eigenvalue weighted by Gasteiger charge is 2.34. The third-order valence-electron chi connectivity index (χ3n) is 2.78. The van der Waals surface area contributed by atoms with E-state index in [2.05, 4.69) is 21.2 Å². The summed E-state index contributed by atoms with van der Waals surface area (Å²) >= 11 is 3.19. The average Bonchev–Trinajstić information content (AvgIpc) is 2.26. The summed E-state index contributed by atoms with van der Waals surface area (Å²) in [5, 5.41) is 2.92. The number of rotatable bonds is 5. The molecule has 0 spiro atoms. The molecule has 6 heteroatoms. The minimum absolute atomic E-state index is 0.0672. The predicted octanol–water partition coefficient (Wildman–Crippen LogP) is 4.55. The predicted molar refractivity (Wildman–Crippen MR) is 73.3 cm³/mol. The average molecular weight is 340 g/mol. The van der Waals surface area contributed by atoms with Gasteiger partial charge in [0.15, 0.2) is 0 Å². The van der Waals surface area contributed by atoms with Gasteiger partial charge in [-0.2, -0.15) is 13.2 Å². The van der Waals surface area contributed by atoms with E-state index in [-0.39, 0.29) is 17.6 Å². The van der Waals surface area contributed by atoms with Crippen molar-refractivity contribution < 1.29 is 17.9 Å². The van der Waals surface area contributed by atoms with E-state index in [4.69, 9.17) is 4.74 Å². The molecule has 1 aromatic rings. The molecule has 0 aliphatic carbocycles. The highest BCUT2D eigenvalue weighted by Crippen LogP contribution is 2.36. The molecule has 1 aromatic carbocycles. The molecule has 1 unspecified atom stereocenters. The Balaban J connectivity index is 3.07. The third-order valence-corrected chi connectivity index (χ3v) is 3.27. The molecule has 0 saturated carbocycles. The van der Waals surface area contributed by atoms with Crippen molar-refractivity contribution in [3.05, 3.63) is 28.2 Å². The Morgan fingerprint density at radius 3 is 2.42 bits per heavy atom. The molecule has 1 N–H and O–H groups in total. The van der Waals surface area contributed by atoms with Crippen molar-refractivity contribution in [1.82, 2.24) is 0 Å². The van der Waals surface area contributed by atoms with E-state index < -0.39 is 11.7 Å². The Hall–Kier alpha value is -0.750. The smallest absolute Gasteiger partial charge is 0.383 e. The quantitative estimate of drug-likeness (QED) is 0.849. The Morgan fingerprint density at radius 2 is 1.95 bits per heavy atom. The summed E-state index contributed by atoms with van der Waals surface area (Å²) in [6.45, 7) is 4.21. The SMILES string of the molecule is COCC(Nc1cc(Br)ccc1C(F)(F)F)C(C)C. The summed E-state index contributed by atoms with van der Waals surface area (Å²) < 4.78 is 44.4. The van der Waals surface area contributed by atoms with Crippen molar-refractivity contribution in [2.24, 2.45) is 5.92 Å². The number of alkyl halides is 3. The lowest BCUT2D eigenvalue weighted by atomic mass is 10.0. The number of anilines is 1. The molecule has 2 nitrogen and oxygen atoms in total. The van der Waals surface area contributed by atoms with Crippen LogP contribution in [-0.4, -0.2) is 19.8 Å². The van der Waals surface area contributed by atoms with Gasteiger partial charge in [0.25, 0.3) is 0 Å². The monoisotopic (exact) mass is 339 g/mol. The zero-order valence-electron chi connectivity index (χ0n) is 11.0. The van der Waals surface area contributed by atoms with Crippen molar-refractivity contribution in [3.8, 4) is 0 Å². The summed E-state index contributed by atoms with van der Waals surface area (Å²) in [6.07, 6.45) is -4.38. The van der Waals surface area contributed by atoms with E-state index in [1.807, 2.05) is 13.8 Å². The summed E-state index contributed by atoms with van der Waals surface area (Å²) in [5.41, 5.74) is -0.602. The van der Waals surface area contributed by atoms with Gasteiger partial charge >= 0.3 is 6.18 Å². The van der Waals surface area contributed by atoms with E-state index in [9.17, 15) is 13.2 Å². The van der Waals surface area contributed by atoms with Gasteiger partial charge in [0.2, 0.25) is 0 Å². The van der Waals surface area contributed by atoms with Crippen LogP contribution in [0.25, 0.3) is 0 Å². The first kappa shape index (κ1) is 16.3. The zero-order valence-corrected chi connectivity index (χ0v) is 12.6. The van der Waals surface area contributed by atoms with Gasteiger partial charge in [-0.15, -0.1) is 0 Å². The molecule has 0 amide bonds. The molecule has 0 aliphatic rings. The first-order chi connectivity index (χ1) is 8.75. The summed E-state index contributed by atoms with van der Waals surface area (Å²) in [4.78, 5) is 0. The van der Waals surface area contributed by atoms with E-state index in [0.29, 0.717) is 11.1 Å². The van der Waals surface area contributed by atoms with Gasteiger partial charge in [0.1, 0.15) is 0 Å². The van der Waals surface area contributed by atoms with Crippen LogP contribution in [0.4, 0.5) is 18.9 Å². The van der Waals surface area contributed by atoms with Crippen LogP contribution in [0.5, 0.6) is 0 Å². The normalized spacial score (nSPS) is 13.7. The number of hydrogen-bond donors (Lipinski definition) is 1. The standard InChI is InChI=1S/C13H17BrF3NO/c1-8(2)12(7-19-3)18-11-6-9(14)4-5-10(11)13(15,16)17/h4-6,8,12,18H,7H2,1-3H3. The molecule has 0 aromatic heterocycles. The van der Waals surface area contributed by atoms with Crippen molar-refractivity contribution in [2.75, 3.05) is 19.0 Å². The fraction of sp³-hybridized carbons (Fsp3) is 0.538. The Bertz CT molecular complexity index is 421. The second-order valence-electron chi connectivity index (χ2n) is 4.64. The van der Waals surface area contributed by atoms with Gasteiger partial charge < -0.3 is 10.1 Å². The molecule has 0 fully saturated rings. The largest absolute Gasteiger partial charge is 0.418 e. The van der Waals surface area contributed by atoms with Crippen LogP contribution in [0.2, 0.25) is 0 Å². The highest BCUT2D eigenvalue weighted by atomic mass is 79.9. The van der Waals surface area contributed by atoms with Crippen molar-refractivity contribution >= 4 is 21.6 Å². The lowest BCUT2D eigenvalue weighted by Crippen LogP contribution is -2.31. The van der Waals surface area contributed by atoms with Gasteiger partial charge in [-0.3, -0.25) is 0 Å². The summed E-state index contributed by atoms with van der Waals surface area (Å²) in [6, 6.07) is 3.71. The minimum Gasteiger partial charge on any atom is -0.383 e. The lowest BCUT2D eigenvalue weighted by molar-refractivity contribution is -0.137. The van der Waals surface area contributed by atoms with E-state index >= 15 is 0 Å². The summed E-state index contributed by atoms with van der Waals surface area (Å²) in [7, 11) is 1.53. The van der Waals surface area contributed by atoms with Gasteiger partial charge in [0, 0.05) is 17.3 Å². The van der Waals surface area contributed by atoms with Crippen LogP contribution >= 0.6 is 15.9 Å². The Morgan fingerprint density at radius 1 is 1.32 bits per heavy atom. The molecule has 1 rings (SSSR count). The summed E-state index contributed by atoms with van der Waals surface area (Å²) in [5.74, 6) is 0.153. The number of halogens is 4. The number of ether oxygens (including phenoxy) is 1. The van der Waals surface area contributed by atoms with Crippen LogP contribution < -0.4 is 5.32 Å². The van der Waals surface area contributed by atoms with Crippen LogP contribution in [0.1, 0.15) is 19.4 Å². The topological polar surface area (TPSA) is 21.3 Å². The van der Waals surface area contributed by atoms with E-state index in [1.54, 1.807) is 0 Å². The second kappa shape index (κ2) is 6.61. The van der Waals surface area contributed by atoms with Gasteiger partial charge in [-0.1, -0.05) is 29.8 Å². The lowest BCUT2D eigenvalue weighted by Gasteiger charge is -2.25. The molecular formula is C13H17BrF3NO. The molecule has 0 saturated heterocycles.